The van der Waals surface area contributed by atoms with Gasteiger partial charge < -0.3 is 4.42 Å². The first-order chi connectivity index (χ1) is 11.2. The zero-order valence-electron chi connectivity index (χ0n) is 13.3. The monoisotopic (exact) mass is 325 g/mol. The summed E-state index contributed by atoms with van der Waals surface area (Å²) in [5.74, 6) is 2.54. The van der Waals surface area contributed by atoms with E-state index in [0.29, 0.717) is 6.54 Å². The van der Waals surface area contributed by atoms with Crippen molar-refractivity contribution in [3.05, 3.63) is 66.1 Å². The van der Waals surface area contributed by atoms with Crippen molar-refractivity contribution in [2.45, 2.75) is 31.3 Å². The number of rotatable bonds is 6. The van der Waals surface area contributed by atoms with Crippen LogP contribution in [-0.4, -0.2) is 14.8 Å². The summed E-state index contributed by atoms with van der Waals surface area (Å²) in [6, 6.07) is 10.3. The molecule has 4 nitrogen and oxygen atoms in total. The third-order valence-corrected chi connectivity index (χ3v) is 4.76. The van der Waals surface area contributed by atoms with Gasteiger partial charge in [-0.15, -0.1) is 16.8 Å². The van der Waals surface area contributed by atoms with Crippen LogP contribution in [-0.2, 0) is 12.3 Å². The first-order valence-corrected chi connectivity index (χ1v) is 8.45. The van der Waals surface area contributed by atoms with Gasteiger partial charge in [0.1, 0.15) is 5.76 Å². The molecule has 0 fully saturated rings. The van der Waals surface area contributed by atoms with E-state index in [-0.39, 0.29) is 0 Å². The molecule has 3 aromatic rings. The summed E-state index contributed by atoms with van der Waals surface area (Å²) in [5, 5.41) is 9.61. The second-order valence-electron chi connectivity index (χ2n) is 5.31. The first-order valence-electron chi connectivity index (χ1n) is 7.46. The molecule has 0 unspecified atom stereocenters. The predicted octanol–water partition coefficient (Wildman–Crippen LogP) is 4.63. The normalized spacial score (nSPS) is 10.9. The molecule has 23 heavy (non-hydrogen) atoms. The summed E-state index contributed by atoms with van der Waals surface area (Å²) < 4.78 is 7.47. The molecule has 0 aliphatic rings. The van der Waals surface area contributed by atoms with Gasteiger partial charge in [-0.3, -0.25) is 4.57 Å². The minimum atomic E-state index is 0.670. The van der Waals surface area contributed by atoms with E-state index in [1.54, 1.807) is 18.0 Å². The van der Waals surface area contributed by atoms with E-state index >= 15 is 0 Å². The summed E-state index contributed by atoms with van der Waals surface area (Å²) in [6.07, 6.45) is 3.54. The number of hydrogen-bond acceptors (Lipinski definition) is 4. The molecule has 0 aliphatic heterocycles. The molecule has 0 saturated carbocycles. The van der Waals surface area contributed by atoms with Gasteiger partial charge in [0, 0.05) is 12.3 Å². The van der Waals surface area contributed by atoms with Crippen molar-refractivity contribution in [1.29, 1.82) is 0 Å². The maximum absolute atomic E-state index is 5.39. The number of furan rings is 1. The lowest BCUT2D eigenvalue weighted by Gasteiger charge is -2.08. The molecule has 0 aliphatic carbocycles. The lowest BCUT2D eigenvalue weighted by molar-refractivity contribution is 0.534. The van der Waals surface area contributed by atoms with Gasteiger partial charge >= 0.3 is 0 Å². The fraction of sp³-hybridized carbons (Fsp3) is 0.222. The number of thioether (sulfide) groups is 1. The van der Waals surface area contributed by atoms with E-state index in [1.165, 1.54) is 11.1 Å². The van der Waals surface area contributed by atoms with Crippen LogP contribution in [0.5, 0.6) is 0 Å². The average Bonchev–Trinajstić information content (AvgIpc) is 3.13. The van der Waals surface area contributed by atoms with Crippen LogP contribution in [0.1, 0.15) is 16.9 Å². The van der Waals surface area contributed by atoms with Crippen LogP contribution in [0.3, 0.4) is 0 Å². The molecular formula is C18H19N3OS. The minimum absolute atomic E-state index is 0.670. The molecule has 0 N–H and O–H groups in total. The second kappa shape index (κ2) is 6.87. The number of allylic oxidation sites excluding steroid dienone is 1. The van der Waals surface area contributed by atoms with E-state index in [1.807, 2.05) is 19.1 Å². The van der Waals surface area contributed by atoms with Crippen LogP contribution in [0.25, 0.3) is 11.4 Å². The number of nitrogens with zero attached hydrogens (tertiary/aromatic N) is 3. The predicted molar refractivity (Wildman–Crippen MR) is 93.4 cm³/mol. The Hall–Kier alpha value is -2.27. The van der Waals surface area contributed by atoms with Crippen molar-refractivity contribution < 1.29 is 4.42 Å². The van der Waals surface area contributed by atoms with Gasteiger partial charge in [-0.2, -0.15) is 0 Å². The summed E-state index contributed by atoms with van der Waals surface area (Å²) in [5.41, 5.74) is 3.58. The van der Waals surface area contributed by atoms with Gasteiger partial charge in [-0.25, -0.2) is 0 Å². The number of aromatic nitrogens is 3. The maximum Gasteiger partial charge on any atom is 0.192 e. The van der Waals surface area contributed by atoms with Gasteiger partial charge in [0.25, 0.3) is 0 Å². The summed E-state index contributed by atoms with van der Waals surface area (Å²) in [4.78, 5) is 0. The molecule has 2 aromatic heterocycles. The molecule has 2 heterocycles. The first kappa shape index (κ1) is 15.6. The Morgan fingerprint density at radius 3 is 2.74 bits per heavy atom. The van der Waals surface area contributed by atoms with E-state index < -0.39 is 0 Å². The molecule has 0 spiro atoms. The zero-order valence-corrected chi connectivity index (χ0v) is 14.1. The lowest BCUT2D eigenvalue weighted by atomic mass is 10.1. The van der Waals surface area contributed by atoms with Gasteiger partial charge in [0.05, 0.1) is 11.8 Å². The number of hydrogen-bond donors (Lipinski definition) is 0. The largest absolute Gasteiger partial charge is 0.469 e. The quantitative estimate of drug-likeness (QED) is 0.489. The Labute approximate surface area is 140 Å². The van der Waals surface area contributed by atoms with Crippen molar-refractivity contribution in [2.24, 2.45) is 0 Å². The lowest BCUT2D eigenvalue weighted by Crippen LogP contribution is -2.01. The van der Waals surface area contributed by atoms with Gasteiger partial charge in [0.15, 0.2) is 11.0 Å². The molecule has 1 aromatic carbocycles. The van der Waals surface area contributed by atoms with E-state index in [9.17, 15) is 0 Å². The van der Waals surface area contributed by atoms with Crippen LogP contribution in [0, 0.1) is 13.8 Å². The molecule has 0 atom stereocenters. The highest BCUT2D eigenvalue weighted by Crippen LogP contribution is 2.29. The van der Waals surface area contributed by atoms with Crippen molar-refractivity contribution in [2.75, 3.05) is 0 Å². The Kier molecular flexibility index (Phi) is 4.67. The van der Waals surface area contributed by atoms with Gasteiger partial charge in [0.2, 0.25) is 0 Å². The molecule has 118 valence electrons. The average molecular weight is 325 g/mol. The highest BCUT2D eigenvalue weighted by Gasteiger charge is 2.16. The molecule has 0 radical (unpaired) electrons. The van der Waals surface area contributed by atoms with Gasteiger partial charge in [-0.1, -0.05) is 42.1 Å². The Morgan fingerprint density at radius 1 is 1.22 bits per heavy atom. The number of benzene rings is 1. The fourth-order valence-corrected chi connectivity index (χ4v) is 3.44. The molecule has 3 rings (SSSR count). The van der Waals surface area contributed by atoms with Crippen LogP contribution in [0.2, 0.25) is 0 Å². The third-order valence-electron chi connectivity index (χ3n) is 3.75. The fourth-order valence-electron chi connectivity index (χ4n) is 2.42. The van der Waals surface area contributed by atoms with Gasteiger partial charge in [-0.05, 0) is 31.0 Å². The number of aryl methyl sites for hydroxylation is 2. The zero-order chi connectivity index (χ0) is 16.2. The van der Waals surface area contributed by atoms with Crippen LogP contribution < -0.4 is 0 Å². The molecule has 0 amide bonds. The Bertz CT molecular complexity index is 819. The van der Waals surface area contributed by atoms with Crippen molar-refractivity contribution in [1.82, 2.24) is 14.8 Å². The summed E-state index contributed by atoms with van der Waals surface area (Å²) in [6.45, 7) is 8.58. The van der Waals surface area contributed by atoms with E-state index in [2.05, 4.69) is 52.5 Å². The van der Waals surface area contributed by atoms with Crippen LogP contribution in [0.4, 0.5) is 0 Å². The standard InChI is InChI=1S/C18H19N3OS/c1-4-10-21-17(16-9-11-22-14(16)3)19-20-18(21)23-12-15-8-6-5-7-13(15)2/h4-9,11H,1,10,12H2,2-3H3. The smallest absolute Gasteiger partial charge is 0.192 e. The van der Waals surface area contributed by atoms with Crippen molar-refractivity contribution in [3.8, 4) is 11.4 Å². The van der Waals surface area contributed by atoms with Crippen molar-refractivity contribution >= 4 is 11.8 Å². The van der Waals surface area contributed by atoms with E-state index in [0.717, 1.165) is 28.1 Å². The third kappa shape index (κ3) is 3.24. The molecule has 0 saturated heterocycles. The Morgan fingerprint density at radius 2 is 2.04 bits per heavy atom. The topological polar surface area (TPSA) is 43.9 Å². The highest BCUT2D eigenvalue weighted by atomic mass is 32.2. The summed E-state index contributed by atoms with van der Waals surface area (Å²) in [7, 11) is 0. The van der Waals surface area contributed by atoms with Crippen molar-refractivity contribution in [3.63, 3.8) is 0 Å². The summed E-state index contributed by atoms with van der Waals surface area (Å²) >= 11 is 1.69. The maximum atomic E-state index is 5.39. The highest BCUT2D eigenvalue weighted by molar-refractivity contribution is 7.98. The second-order valence-corrected chi connectivity index (χ2v) is 6.25. The van der Waals surface area contributed by atoms with Crippen LogP contribution in [0.15, 0.2) is 58.8 Å². The van der Waals surface area contributed by atoms with Crippen LogP contribution >= 0.6 is 11.8 Å². The molecule has 5 heteroatoms. The molecular weight excluding hydrogens is 306 g/mol. The minimum Gasteiger partial charge on any atom is -0.469 e. The SMILES string of the molecule is C=CCn1c(SCc2ccccc2C)nnc1-c1ccoc1C. The van der Waals surface area contributed by atoms with E-state index in [4.69, 9.17) is 4.42 Å². The Balaban J connectivity index is 1.88. The molecule has 0 bridgehead atoms.